The zero-order chi connectivity index (χ0) is 20.6. The molecule has 0 spiro atoms. The lowest BCUT2D eigenvalue weighted by atomic mass is 9.96. The molecule has 1 aliphatic heterocycles. The molecule has 1 aliphatic rings. The number of piperidine rings is 1. The number of aromatic nitrogens is 2. The summed E-state index contributed by atoms with van der Waals surface area (Å²) in [5, 5.41) is 14.5. The summed E-state index contributed by atoms with van der Waals surface area (Å²) >= 11 is 0. The zero-order valence-corrected chi connectivity index (χ0v) is 16.4. The Bertz CT molecular complexity index is 898. The van der Waals surface area contributed by atoms with Gasteiger partial charge in [-0.1, -0.05) is 29.8 Å². The van der Waals surface area contributed by atoms with Gasteiger partial charge in [-0.2, -0.15) is 5.26 Å². The van der Waals surface area contributed by atoms with Crippen LogP contribution in [-0.4, -0.2) is 41.4 Å². The molecule has 1 aromatic carbocycles. The van der Waals surface area contributed by atoms with Gasteiger partial charge in [0.05, 0.1) is 0 Å². The van der Waals surface area contributed by atoms with Crippen molar-refractivity contribution >= 4 is 17.6 Å². The molecule has 1 fully saturated rings. The molecule has 2 heterocycles. The van der Waals surface area contributed by atoms with Crippen LogP contribution in [0.25, 0.3) is 0 Å². The van der Waals surface area contributed by atoms with Gasteiger partial charge in [-0.15, -0.1) is 0 Å². The number of carbonyl (C=O) groups is 2. The molecule has 0 radical (unpaired) electrons. The Hall–Kier alpha value is -3.47. The van der Waals surface area contributed by atoms with Crippen LogP contribution in [0, 0.1) is 24.2 Å². The van der Waals surface area contributed by atoms with E-state index in [4.69, 9.17) is 5.26 Å². The standard InChI is InChI=1S/C21H24N6O2/c1-15-2-4-16(5-3-15)13-25-20(28)21(29)26-14-17-6-10-27(11-7-17)19-18(12-22)23-8-9-24-19/h2-5,8-9,17H,6-7,10-11,13-14H2,1H3,(H,25,28)(H,26,29). The summed E-state index contributed by atoms with van der Waals surface area (Å²) in [6.45, 7) is 4.23. The number of anilines is 1. The van der Waals surface area contributed by atoms with Crippen molar-refractivity contribution in [1.29, 1.82) is 5.26 Å². The first-order chi connectivity index (χ1) is 14.1. The molecule has 29 heavy (non-hydrogen) atoms. The second-order valence-corrected chi connectivity index (χ2v) is 7.15. The van der Waals surface area contributed by atoms with E-state index in [2.05, 4.69) is 26.7 Å². The molecule has 2 amide bonds. The van der Waals surface area contributed by atoms with E-state index in [9.17, 15) is 9.59 Å². The summed E-state index contributed by atoms with van der Waals surface area (Å²) < 4.78 is 0. The molecule has 3 rings (SSSR count). The minimum Gasteiger partial charge on any atom is -0.354 e. The van der Waals surface area contributed by atoms with Gasteiger partial charge in [0.15, 0.2) is 11.5 Å². The summed E-state index contributed by atoms with van der Waals surface area (Å²) in [6.07, 6.45) is 4.77. The maximum absolute atomic E-state index is 12.0. The van der Waals surface area contributed by atoms with Crippen molar-refractivity contribution in [3.05, 3.63) is 53.5 Å². The maximum Gasteiger partial charge on any atom is 0.309 e. The van der Waals surface area contributed by atoms with Gasteiger partial charge in [0.25, 0.3) is 0 Å². The predicted octanol–water partition coefficient (Wildman–Crippen LogP) is 1.31. The molecule has 2 N–H and O–H groups in total. The van der Waals surface area contributed by atoms with Crippen molar-refractivity contribution in [2.24, 2.45) is 5.92 Å². The van der Waals surface area contributed by atoms with E-state index in [1.807, 2.05) is 36.1 Å². The first kappa shape index (κ1) is 20.3. The highest BCUT2D eigenvalue weighted by atomic mass is 16.2. The number of nitrogens with one attached hydrogen (secondary N) is 2. The van der Waals surface area contributed by atoms with Gasteiger partial charge in [0.2, 0.25) is 0 Å². The van der Waals surface area contributed by atoms with Crippen LogP contribution in [0.3, 0.4) is 0 Å². The molecule has 150 valence electrons. The Balaban J connectivity index is 1.40. The zero-order valence-electron chi connectivity index (χ0n) is 16.4. The molecule has 2 aromatic rings. The number of nitriles is 1. The van der Waals surface area contributed by atoms with Crippen LogP contribution < -0.4 is 15.5 Å². The quantitative estimate of drug-likeness (QED) is 0.742. The van der Waals surface area contributed by atoms with Gasteiger partial charge in [-0.25, -0.2) is 9.97 Å². The average molecular weight is 392 g/mol. The number of nitrogens with zero attached hydrogens (tertiary/aromatic N) is 4. The van der Waals surface area contributed by atoms with Crippen LogP contribution in [-0.2, 0) is 16.1 Å². The lowest BCUT2D eigenvalue weighted by molar-refractivity contribution is -0.139. The van der Waals surface area contributed by atoms with E-state index in [0.29, 0.717) is 24.6 Å². The number of benzene rings is 1. The molecule has 1 saturated heterocycles. The number of rotatable bonds is 5. The summed E-state index contributed by atoms with van der Waals surface area (Å²) in [4.78, 5) is 34.4. The molecule has 0 aliphatic carbocycles. The Kier molecular flexibility index (Phi) is 6.74. The average Bonchev–Trinajstić information content (AvgIpc) is 2.77. The van der Waals surface area contributed by atoms with E-state index in [1.165, 1.54) is 6.20 Å². The normalized spacial score (nSPS) is 14.1. The molecular weight excluding hydrogens is 368 g/mol. The minimum absolute atomic E-state index is 0.280. The number of carbonyl (C=O) groups excluding carboxylic acids is 2. The fourth-order valence-corrected chi connectivity index (χ4v) is 3.28. The SMILES string of the molecule is Cc1ccc(CNC(=O)C(=O)NCC2CCN(c3nccnc3C#N)CC2)cc1. The van der Waals surface area contributed by atoms with Gasteiger partial charge in [0, 0.05) is 38.6 Å². The van der Waals surface area contributed by atoms with Crippen molar-refractivity contribution in [1.82, 2.24) is 20.6 Å². The van der Waals surface area contributed by atoms with E-state index >= 15 is 0 Å². The smallest absolute Gasteiger partial charge is 0.309 e. The molecule has 0 unspecified atom stereocenters. The van der Waals surface area contributed by atoms with Gasteiger partial charge < -0.3 is 15.5 Å². The van der Waals surface area contributed by atoms with Crippen LogP contribution in [0.4, 0.5) is 5.82 Å². The first-order valence-electron chi connectivity index (χ1n) is 9.64. The lowest BCUT2D eigenvalue weighted by Gasteiger charge is -2.32. The Morgan fingerprint density at radius 1 is 1.10 bits per heavy atom. The highest BCUT2D eigenvalue weighted by Gasteiger charge is 2.23. The molecular formula is C21H24N6O2. The second kappa shape index (κ2) is 9.64. The fourth-order valence-electron chi connectivity index (χ4n) is 3.28. The van der Waals surface area contributed by atoms with Gasteiger partial charge in [0.1, 0.15) is 6.07 Å². The van der Waals surface area contributed by atoms with Gasteiger partial charge >= 0.3 is 11.8 Å². The topological polar surface area (TPSA) is 111 Å². The number of hydrogen-bond acceptors (Lipinski definition) is 6. The highest BCUT2D eigenvalue weighted by Crippen LogP contribution is 2.22. The Labute approximate surface area is 170 Å². The largest absolute Gasteiger partial charge is 0.354 e. The van der Waals surface area contributed by atoms with Crippen molar-refractivity contribution < 1.29 is 9.59 Å². The summed E-state index contributed by atoms with van der Waals surface area (Å²) in [5.74, 6) is -0.350. The third kappa shape index (κ3) is 5.51. The molecule has 0 atom stereocenters. The van der Waals surface area contributed by atoms with Gasteiger partial charge in [-0.3, -0.25) is 9.59 Å². The second-order valence-electron chi connectivity index (χ2n) is 7.15. The van der Waals surface area contributed by atoms with Crippen molar-refractivity contribution in [3.63, 3.8) is 0 Å². The third-order valence-corrected chi connectivity index (χ3v) is 5.03. The van der Waals surface area contributed by atoms with Crippen molar-refractivity contribution in [2.45, 2.75) is 26.3 Å². The summed E-state index contributed by atoms with van der Waals surface area (Å²) in [5.41, 5.74) is 2.42. The van der Waals surface area contributed by atoms with Crippen molar-refractivity contribution in [2.75, 3.05) is 24.5 Å². The maximum atomic E-state index is 12.0. The minimum atomic E-state index is -0.624. The van der Waals surface area contributed by atoms with E-state index < -0.39 is 11.8 Å². The fraction of sp³-hybridized carbons (Fsp3) is 0.381. The Morgan fingerprint density at radius 2 is 1.76 bits per heavy atom. The monoisotopic (exact) mass is 392 g/mol. The summed E-state index contributed by atoms with van der Waals surface area (Å²) in [7, 11) is 0. The van der Waals surface area contributed by atoms with Crippen LogP contribution in [0.2, 0.25) is 0 Å². The van der Waals surface area contributed by atoms with Crippen LogP contribution in [0.1, 0.15) is 29.7 Å². The number of hydrogen-bond donors (Lipinski definition) is 2. The van der Waals surface area contributed by atoms with E-state index in [1.54, 1.807) is 6.20 Å². The number of aryl methyl sites for hydroxylation is 1. The van der Waals surface area contributed by atoms with Crippen LogP contribution >= 0.6 is 0 Å². The van der Waals surface area contributed by atoms with Crippen LogP contribution in [0.5, 0.6) is 0 Å². The lowest BCUT2D eigenvalue weighted by Crippen LogP contribution is -2.44. The first-order valence-corrected chi connectivity index (χ1v) is 9.64. The van der Waals surface area contributed by atoms with E-state index in [-0.39, 0.29) is 5.92 Å². The third-order valence-electron chi connectivity index (χ3n) is 5.03. The predicted molar refractivity (Wildman–Crippen MR) is 108 cm³/mol. The highest BCUT2D eigenvalue weighted by molar-refractivity contribution is 6.35. The number of amides is 2. The molecule has 8 nitrogen and oxygen atoms in total. The molecule has 0 saturated carbocycles. The Morgan fingerprint density at radius 3 is 2.45 bits per heavy atom. The van der Waals surface area contributed by atoms with Crippen molar-refractivity contribution in [3.8, 4) is 6.07 Å². The van der Waals surface area contributed by atoms with E-state index in [0.717, 1.165) is 37.1 Å². The van der Waals surface area contributed by atoms with Crippen LogP contribution in [0.15, 0.2) is 36.7 Å². The molecule has 0 bridgehead atoms. The summed E-state index contributed by atoms with van der Waals surface area (Å²) in [6, 6.07) is 9.85. The van der Waals surface area contributed by atoms with Gasteiger partial charge in [-0.05, 0) is 31.2 Å². The molecule has 8 heteroatoms. The molecule has 1 aromatic heterocycles.